The molecule has 3 nitrogen and oxygen atoms in total. The van der Waals surface area contributed by atoms with E-state index >= 15 is 0 Å². The summed E-state index contributed by atoms with van der Waals surface area (Å²) in [5, 5.41) is 17.5. The molecule has 0 aromatic heterocycles. The fourth-order valence-electron chi connectivity index (χ4n) is 1.51. The molecule has 1 aromatic rings. The summed E-state index contributed by atoms with van der Waals surface area (Å²) >= 11 is 0. The Bertz CT molecular complexity index is 453. The Morgan fingerprint density at radius 1 is 1.33 bits per heavy atom. The quantitative estimate of drug-likeness (QED) is 0.845. The highest BCUT2D eigenvalue weighted by atomic mass is 19.4. The topological polar surface area (TPSA) is 47.3 Å². The lowest BCUT2D eigenvalue weighted by Crippen LogP contribution is -2.36. The molecule has 1 rings (SSSR count). The monoisotopic (exact) mass is 262 g/mol. The average Bonchev–Trinajstić information content (AvgIpc) is 2.26. The zero-order chi connectivity index (χ0) is 13.8. The van der Waals surface area contributed by atoms with Crippen LogP contribution in [0.3, 0.4) is 0 Å². The van der Waals surface area contributed by atoms with Crippen molar-refractivity contribution in [2.75, 3.05) is 24.6 Å². The number of anilines is 1. The molecular formula is C11H10F4N2O. The molecule has 18 heavy (non-hydrogen) atoms. The van der Waals surface area contributed by atoms with Crippen LogP contribution < -0.4 is 4.90 Å². The van der Waals surface area contributed by atoms with E-state index in [4.69, 9.17) is 10.4 Å². The second kappa shape index (κ2) is 5.69. The highest BCUT2D eigenvalue weighted by Gasteiger charge is 2.31. The van der Waals surface area contributed by atoms with Crippen LogP contribution in [0.15, 0.2) is 18.2 Å². The van der Waals surface area contributed by atoms with Crippen LogP contribution in [0.4, 0.5) is 23.2 Å². The second-order valence-corrected chi connectivity index (χ2v) is 3.51. The molecule has 0 aliphatic carbocycles. The number of halogens is 4. The van der Waals surface area contributed by atoms with Crippen LogP contribution in [0.5, 0.6) is 0 Å². The van der Waals surface area contributed by atoms with Crippen molar-refractivity contribution in [3.05, 3.63) is 29.6 Å². The number of aliphatic hydroxyl groups is 1. The third kappa shape index (κ3) is 3.60. The first kappa shape index (κ1) is 14.3. The largest absolute Gasteiger partial charge is 0.405 e. The summed E-state index contributed by atoms with van der Waals surface area (Å²) in [5.74, 6) is -0.889. The molecule has 0 spiro atoms. The van der Waals surface area contributed by atoms with Crippen LogP contribution in [0.2, 0.25) is 0 Å². The van der Waals surface area contributed by atoms with Gasteiger partial charge in [-0.2, -0.15) is 18.4 Å². The van der Waals surface area contributed by atoms with Crippen molar-refractivity contribution in [3.8, 4) is 6.07 Å². The molecule has 0 radical (unpaired) electrons. The van der Waals surface area contributed by atoms with E-state index in [1.54, 1.807) is 0 Å². The number of hydrogen-bond donors (Lipinski definition) is 1. The van der Waals surface area contributed by atoms with Crippen molar-refractivity contribution >= 4 is 5.69 Å². The second-order valence-electron chi connectivity index (χ2n) is 3.51. The number of aliphatic hydroxyl groups excluding tert-OH is 1. The summed E-state index contributed by atoms with van der Waals surface area (Å²) in [4.78, 5) is 0.724. The van der Waals surface area contributed by atoms with Gasteiger partial charge in [0.2, 0.25) is 0 Å². The Kier molecular flexibility index (Phi) is 4.50. The third-order valence-electron chi connectivity index (χ3n) is 2.18. The molecule has 0 aliphatic heterocycles. The molecule has 0 bridgehead atoms. The standard InChI is InChI=1S/C11H10F4N2O/c12-9-2-1-3-10(8(9)6-16)17(4-5-18)7-11(13,14)15/h1-3,18H,4-5,7H2. The van der Waals surface area contributed by atoms with Crippen molar-refractivity contribution in [1.29, 1.82) is 5.26 Å². The number of alkyl halides is 3. The smallest absolute Gasteiger partial charge is 0.395 e. The molecule has 7 heteroatoms. The first-order chi connectivity index (χ1) is 8.39. The summed E-state index contributed by atoms with van der Waals surface area (Å²) < 4.78 is 50.3. The van der Waals surface area contributed by atoms with Crippen LogP contribution in [-0.2, 0) is 0 Å². The van der Waals surface area contributed by atoms with Gasteiger partial charge < -0.3 is 10.0 Å². The molecule has 0 amide bonds. The average molecular weight is 262 g/mol. The Morgan fingerprint density at radius 3 is 2.50 bits per heavy atom. The predicted octanol–water partition coefficient (Wildman–Crippen LogP) is 2.06. The molecular weight excluding hydrogens is 252 g/mol. The first-order valence-corrected chi connectivity index (χ1v) is 5.00. The zero-order valence-electron chi connectivity index (χ0n) is 9.21. The maximum absolute atomic E-state index is 13.3. The lowest BCUT2D eigenvalue weighted by Gasteiger charge is -2.26. The minimum atomic E-state index is -4.51. The number of hydrogen-bond acceptors (Lipinski definition) is 3. The normalized spacial score (nSPS) is 11.1. The fraction of sp³-hybridized carbons (Fsp3) is 0.364. The third-order valence-corrected chi connectivity index (χ3v) is 2.18. The van der Waals surface area contributed by atoms with Crippen molar-refractivity contribution in [2.45, 2.75) is 6.18 Å². The summed E-state index contributed by atoms with van der Waals surface area (Å²) in [6.45, 7) is -2.22. The first-order valence-electron chi connectivity index (χ1n) is 5.00. The minimum Gasteiger partial charge on any atom is -0.395 e. The fourth-order valence-corrected chi connectivity index (χ4v) is 1.51. The van der Waals surface area contributed by atoms with Crippen molar-refractivity contribution < 1.29 is 22.7 Å². The van der Waals surface area contributed by atoms with Crippen molar-refractivity contribution in [2.24, 2.45) is 0 Å². The van der Waals surface area contributed by atoms with Crippen LogP contribution in [0, 0.1) is 17.1 Å². The van der Waals surface area contributed by atoms with Gasteiger partial charge in [-0.1, -0.05) is 6.07 Å². The van der Waals surface area contributed by atoms with Gasteiger partial charge in [-0.3, -0.25) is 0 Å². The molecule has 0 saturated heterocycles. The highest BCUT2D eigenvalue weighted by molar-refractivity contribution is 5.60. The van der Waals surface area contributed by atoms with Gasteiger partial charge >= 0.3 is 6.18 Å². The van der Waals surface area contributed by atoms with E-state index in [-0.39, 0.29) is 12.2 Å². The summed E-state index contributed by atoms with van der Waals surface area (Å²) in [6, 6.07) is 4.94. The van der Waals surface area contributed by atoms with Crippen LogP contribution in [-0.4, -0.2) is 31.0 Å². The number of benzene rings is 1. The maximum atomic E-state index is 13.3. The Hall–Kier alpha value is -1.81. The van der Waals surface area contributed by atoms with E-state index in [1.807, 2.05) is 0 Å². The Balaban J connectivity index is 3.14. The highest BCUT2D eigenvalue weighted by Crippen LogP contribution is 2.26. The Labute approximate surface area is 101 Å². The molecule has 0 atom stereocenters. The zero-order valence-corrected chi connectivity index (χ0v) is 9.21. The molecule has 0 saturated carbocycles. The van der Waals surface area contributed by atoms with Gasteiger partial charge in [0.1, 0.15) is 24.0 Å². The van der Waals surface area contributed by atoms with Gasteiger partial charge in [-0.05, 0) is 12.1 Å². The van der Waals surface area contributed by atoms with Crippen molar-refractivity contribution in [1.82, 2.24) is 0 Å². The number of rotatable bonds is 4. The van der Waals surface area contributed by atoms with Gasteiger partial charge in [0, 0.05) is 6.54 Å². The van der Waals surface area contributed by atoms with Crippen LogP contribution in [0.25, 0.3) is 0 Å². The SMILES string of the molecule is N#Cc1c(F)cccc1N(CCO)CC(F)(F)F. The van der Waals surface area contributed by atoms with Crippen LogP contribution >= 0.6 is 0 Å². The number of nitriles is 1. The van der Waals surface area contributed by atoms with Gasteiger partial charge in [-0.15, -0.1) is 0 Å². The molecule has 0 fully saturated rings. The van der Waals surface area contributed by atoms with E-state index in [2.05, 4.69) is 0 Å². The van der Waals surface area contributed by atoms with Crippen molar-refractivity contribution in [3.63, 3.8) is 0 Å². The van der Waals surface area contributed by atoms with E-state index in [9.17, 15) is 17.6 Å². The van der Waals surface area contributed by atoms with E-state index < -0.39 is 30.7 Å². The van der Waals surface area contributed by atoms with Crippen LogP contribution in [0.1, 0.15) is 5.56 Å². The van der Waals surface area contributed by atoms with E-state index in [1.165, 1.54) is 18.2 Å². The van der Waals surface area contributed by atoms with E-state index in [0.717, 1.165) is 11.0 Å². The molecule has 0 unspecified atom stereocenters. The molecule has 0 heterocycles. The molecule has 98 valence electrons. The van der Waals surface area contributed by atoms with Gasteiger partial charge in [0.05, 0.1) is 12.3 Å². The molecule has 0 aliphatic rings. The summed E-state index contributed by atoms with van der Waals surface area (Å²) in [5.41, 5.74) is -0.640. The lowest BCUT2D eigenvalue weighted by atomic mass is 10.1. The summed E-state index contributed by atoms with van der Waals surface area (Å²) in [6.07, 6.45) is -4.51. The summed E-state index contributed by atoms with van der Waals surface area (Å²) in [7, 11) is 0. The van der Waals surface area contributed by atoms with Gasteiger partial charge in [0.25, 0.3) is 0 Å². The maximum Gasteiger partial charge on any atom is 0.405 e. The van der Waals surface area contributed by atoms with Gasteiger partial charge in [-0.25, -0.2) is 4.39 Å². The molecule has 1 N–H and O–H groups in total. The minimum absolute atomic E-state index is 0.177. The Morgan fingerprint density at radius 2 is 2.00 bits per heavy atom. The number of nitrogens with zero attached hydrogens (tertiary/aromatic N) is 2. The van der Waals surface area contributed by atoms with Gasteiger partial charge in [0.15, 0.2) is 0 Å². The predicted molar refractivity (Wildman–Crippen MR) is 56.5 cm³/mol. The molecule has 1 aromatic carbocycles. The lowest BCUT2D eigenvalue weighted by molar-refractivity contribution is -0.119. The van der Waals surface area contributed by atoms with E-state index in [0.29, 0.717) is 0 Å².